The Hall–Kier alpha value is -2.63. The fraction of sp³-hybridized carbons (Fsp3) is 0.333. The number of nitrogens with one attached hydrogen (secondary N) is 1. The molecule has 164 valence electrons. The van der Waals surface area contributed by atoms with Crippen molar-refractivity contribution in [1.82, 2.24) is 10.3 Å². The highest BCUT2D eigenvalue weighted by atomic mass is 32.2. The van der Waals surface area contributed by atoms with Gasteiger partial charge in [0.25, 0.3) is 5.91 Å². The van der Waals surface area contributed by atoms with Gasteiger partial charge >= 0.3 is 12.4 Å². The van der Waals surface area contributed by atoms with Gasteiger partial charge in [0.15, 0.2) is 9.84 Å². The zero-order valence-corrected chi connectivity index (χ0v) is 16.4. The topological polar surface area (TPSA) is 76.1 Å². The molecular weight excluding hydrogens is 438 g/mol. The van der Waals surface area contributed by atoms with Gasteiger partial charge in [-0.2, -0.15) is 26.3 Å². The Balaban J connectivity index is 2.28. The molecule has 1 amide bonds. The molecule has 5 nitrogen and oxygen atoms in total. The van der Waals surface area contributed by atoms with Gasteiger partial charge in [0.2, 0.25) is 0 Å². The van der Waals surface area contributed by atoms with Gasteiger partial charge < -0.3 is 5.32 Å². The lowest BCUT2D eigenvalue weighted by Gasteiger charge is -2.26. The summed E-state index contributed by atoms with van der Waals surface area (Å²) in [6.45, 7) is 1.62. The Morgan fingerprint density at radius 1 is 1.03 bits per heavy atom. The van der Waals surface area contributed by atoms with Gasteiger partial charge in [-0.15, -0.1) is 0 Å². The Labute approximate surface area is 168 Å². The molecule has 0 aliphatic heterocycles. The van der Waals surface area contributed by atoms with Gasteiger partial charge in [-0.1, -0.05) is 6.07 Å². The van der Waals surface area contributed by atoms with Crippen LogP contribution in [0.3, 0.4) is 0 Å². The minimum atomic E-state index is -4.84. The fourth-order valence-electron chi connectivity index (χ4n) is 2.46. The largest absolute Gasteiger partial charge is 0.417 e. The summed E-state index contributed by atoms with van der Waals surface area (Å²) in [5.74, 6) is -1.22. The fourth-order valence-corrected chi connectivity index (χ4v) is 3.90. The monoisotopic (exact) mass is 454 g/mol. The highest BCUT2D eigenvalue weighted by Crippen LogP contribution is 2.34. The second-order valence-electron chi connectivity index (χ2n) is 6.89. The van der Waals surface area contributed by atoms with Crippen LogP contribution in [0.25, 0.3) is 0 Å². The minimum absolute atomic E-state index is 0.460. The Morgan fingerprint density at radius 3 is 2.23 bits per heavy atom. The van der Waals surface area contributed by atoms with Crippen molar-refractivity contribution in [3.8, 4) is 0 Å². The highest BCUT2D eigenvalue weighted by molar-refractivity contribution is 7.92. The lowest BCUT2D eigenvalue weighted by Crippen LogP contribution is -2.44. The molecule has 0 aliphatic carbocycles. The average molecular weight is 454 g/mol. The summed E-state index contributed by atoms with van der Waals surface area (Å²) in [4.78, 5) is 15.1. The highest BCUT2D eigenvalue weighted by Gasteiger charge is 2.39. The lowest BCUT2D eigenvalue weighted by molar-refractivity contribution is -0.138. The summed E-state index contributed by atoms with van der Waals surface area (Å²) in [5, 5.41) is 2.09. The standard InChI is InChI=1S/C18H16F6N2O3S/c1-16(2,30(28,29)12-5-3-4-11(8-12)17(19,20)21)10-26-15(27)13-9-25-7-6-14(13)18(22,23)24/h3-9H,10H2,1-2H3,(H,26,27). The van der Waals surface area contributed by atoms with E-state index in [4.69, 9.17) is 0 Å². The summed E-state index contributed by atoms with van der Waals surface area (Å²) >= 11 is 0. The van der Waals surface area contributed by atoms with Crippen molar-refractivity contribution in [3.05, 3.63) is 59.4 Å². The van der Waals surface area contributed by atoms with Crippen LogP contribution in [0.5, 0.6) is 0 Å². The lowest BCUT2D eigenvalue weighted by atomic mass is 10.1. The van der Waals surface area contributed by atoms with E-state index in [0.29, 0.717) is 24.4 Å². The van der Waals surface area contributed by atoms with Crippen molar-refractivity contribution in [2.75, 3.05) is 6.54 Å². The molecule has 0 spiro atoms. The number of amides is 1. The summed E-state index contributed by atoms with van der Waals surface area (Å²) < 4.78 is 102. The van der Waals surface area contributed by atoms with Crippen molar-refractivity contribution >= 4 is 15.7 Å². The third kappa shape index (κ3) is 4.91. The Bertz CT molecular complexity index is 1050. The maximum atomic E-state index is 13.0. The molecule has 0 saturated heterocycles. The Kier molecular flexibility index (Phi) is 6.22. The van der Waals surface area contributed by atoms with Gasteiger partial charge in [-0.05, 0) is 38.1 Å². The van der Waals surface area contributed by atoms with Gasteiger partial charge in [-0.25, -0.2) is 8.42 Å². The van der Waals surface area contributed by atoms with Crippen LogP contribution in [0, 0.1) is 0 Å². The number of pyridine rings is 1. The van der Waals surface area contributed by atoms with Crippen LogP contribution in [0.1, 0.15) is 35.3 Å². The molecule has 0 fully saturated rings. The van der Waals surface area contributed by atoms with Crippen LogP contribution < -0.4 is 5.32 Å². The predicted molar refractivity (Wildman–Crippen MR) is 94.3 cm³/mol. The number of nitrogens with zero attached hydrogens (tertiary/aromatic N) is 1. The summed E-state index contributed by atoms with van der Waals surface area (Å²) in [7, 11) is -4.39. The third-order valence-electron chi connectivity index (χ3n) is 4.24. The van der Waals surface area contributed by atoms with Crippen LogP contribution >= 0.6 is 0 Å². The summed E-state index contributed by atoms with van der Waals surface area (Å²) in [6, 6.07) is 3.66. The second kappa shape index (κ2) is 7.89. The van der Waals surface area contributed by atoms with Gasteiger partial charge in [0, 0.05) is 18.9 Å². The second-order valence-corrected chi connectivity index (χ2v) is 9.47. The quantitative estimate of drug-likeness (QED) is 0.691. The van der Waals surface area contributed by atoms with Gasteiger partial charge in [0.1, 0.15) is 0 Å². The molecule has 0 atom stereocenters. The number of aromatic nitrogens is 1. The zero-order chi connectivity index (χ0) is 23.0. The first kappa shape index (κ1) is 23.6. The van der Waals surface area contributed by atoms with Crippen molar-refractivity contribution in [1.29, 1.82) is 0 Å². The maximum Gasteiger partial charge on any atom is 0.417 e. The van der Waals surface area contributed by atoms with Crippen LogP contribution in [0.4, 0.5) is 26.3 Å². The van der Waals surface area contributed by atoms with E-state index in [-0.39, 0.29) is 0 Å². The smallest absolute Gasteiger partial charge is 0.350 e. The minimum Gasteiger partial charge on any atom is -0.350 e. The van der Waals surface area contributed by atoms with E-state index in [1.165, 1.54) is 0 Å². The molecule has 1 aromatic carbocycles. The number of carbonyl (C=O) groups is 1. The van der Waals surface area contributed by atoms with E-state index in [9.17, 15) is 39.6 Å². The molecule has 0 bridgehead atoms. The van der Waals surface area contributed by atoms with Crippen molar-refractivity contribution in [2.45, 2.75) is 35.8 Å². The van der Waals surface area contributed by atoms with Crippen LogP contribution in [0.15, 0.2) is 47.6 Å². The number of sulfone groups is 1. The number of hydrogen-bond acceptors (Lipinski definition) is 4. The molecule has 2 rings (SSSR count). The van der Waals surface area contributed by atoms with Crippen LogP contribution in [0.2, 0.25) is 0 Å². The number of benzene rings is 1. The maximum absolute atomic E-state index is 13.0. The van der Waals surface area contributed by atoms with E-state index < -0.39 is 61.0 Å². The third-order valence-corrected chi connectivity index (χ3v) is 6.72. The number of rotatable bonds is 5. The normalized spacial score (nSPS) is 13.2. The van der Waals surface area contributed by atoms with E-state index in [1.807, 2.05) is 0 Å². The summed E-state index contributed by atoms with van der Waals surface area (Å²) in [5.41, 5.74) is -3.24. The van der Waals surface area contributed by atoms with Crippen molar-refractivity contribution in [3.63, 3.8) is 0 Å². The molecule has 30 heavy (non-hydrogen) atoms. The van der Waals surface area contributed by atoms with E-state index in [1.54, 1.807) is 0 Å². The molecule has 0 aliphatic rings. The summed E-state index contributed by atoms with van der Waals surface area (Å²) in [6.07, 6.45) is -8.07. The molecule has 2 aromatic rings. The molecule has 1 heterocycles. The molecule has 0 radical (unpaired) electrons. The molecule has 1 N–H and O–H groups in total. The number of carbonyl (C=O) groups excluding carboxylic acids is 1. The first-order valence-corrected chi connectivity index (χ1v) is 9.77. The van der Waals surface area contributed by atoms with Crippen molar-refractivity contribution < 1.29 is 39.6 Å². The van der Waals surface area contributed by atoms with E-state index >= 15 is 0 Å². The number of alkyl halides is 6. The molecule has 0 unspecified atom stereocenters. The average Bonchev–Trinajstić information content (AvgIpc) is 2.64. The van der Waals surface area contributed by atoms with Crippen molar-refractivity contribution in [2.24, 2.45) is 0 Å². The molecule has 12 heteroatoms. The molecule has 1 aromatic heterocycles. The van der Waals surface area contributed by atoms with Crippen LogP contribution in [-0.2, 0) is 22.2 Å². The van der Waals surface area contributed by atoms with Gasteiger partial charge in [0.05, 0.1) is 26.3 Å². The Morgan fingerprint density at radius 2 is 1.67 bits per heavy atom. The molecular formula is C18H16F6N2O3S. The zero-order valence-electron chi connectivity index (χ0n) is 15.6. The van der Waals surface area contributed by atoms with E-state index in [0.717, 1.165) is 32.2 Å². The molecule has 0 saturated carbocycles. The SMILES string of the molecule is CC(C)(CNC(=O)c1cnccc1C(F)(F)F)S(=O)(=O)c1cccc(C(F)(F)F)c1. The number of halogens is 6. The first-order chi connectivity index (χ1) is 13.6. The van der Waals surface area contributed by atoms with Crippen LogP contribution in [-0.4, -0.2) is 30.6 Å². The number of hydrogen-bond donors (Lipinski definition) is 1. The van der Waals surface area contributed by atoms with Gasteiger partial charge in [-0.3, -0.25) is 9.78 Å². The van der Waals surface area contributed by atoms with E-state index in [2.05, 4.69) is 10.3 Å². The predicted octanol–water partition coefficient (Wildman–Crippen LogP) is 4.10. The first-order valence-electron chi connectivity index (χ1n) is 8.29.